The molecule has 2 aliphatic rings. The maximum absolute atomic E-state index is 12.4. The Bertz CT molecular complexity index is 430. The SMILES string of the molecule is COC(=O)C1CCCC1S(=O)(=O)NC(C)CC1CC1. The Hall–Kier alpha value is -0.620. The Morgan fingerprint density at radius 3 is 2.58 bits per heavy atom. The molecule has 2 fully saturated rings. The zero-order valence-corrected chi connectivity index (χ0v) is 12.4. The summed E-state index contributed by atoms with van der Waals surface area (Å²) in [6.45, 7) is 1.90. The van der Waals surface area contributed by atoms with E-state index < -0.39 is 27.2 Å². The van der Waals surface area contributed by atoms with Crippen molar-refractivity contribution in [3.8, 4) is 0 Å². The molecule has 1 N–H and O–H groups in total. The number of nitrogens with one attached hydrogen (secondary N) is 1. The molecule has 6 heteroatoms. The highest BCUT2D eigenvalue weighted by atomic mass is 32.2. The van der Waals surface area contributed by atoms with E-state index in [2.05, 4.69) is 4.72 Å². The number of hydrogen-bond acceptors (Lipinski definition) is 4. The topological polar surface area (TPSA) is 72.5 Å². The molecule has 0 aromatic carbocycles. The number of carbonyl (C=O) groups excluding carboxylic acids is 1. The highest BCUT2D eigenvalue weighted by molar-refractivity contribution is 7.90. The summed E-state index contributed by atoms with van der Waals surface area (Å²) in [5.41, 5.74) is 0. The van der Waals surface area contributed by atoms with Crippen LogP contribution in [0.5, 0.6) is 0 Å². The number of rotatable bonds is 6. The van der Waals surface area contributed by atoms with Gasteiger partial charge in [-0.1, -0.05) is 19.3 Å². The van der Waals surface area contributed by atoms with Crippen molar-refractivity contribution in [2.45, 2.75) is 56.7 Å². The van der Waals surface area contributed by atoms with E-state index in [1.807, 2.05) is 6.92 Å². The second-order valence-corrected chi connectivity index (χ2v) is 7.77. The van der Waals surface area contributed by atoms with Crippen LogP contribution in [-0.4, -0.2) is 32.8 Å². The van der Waals surface area contributed by atoms with Crippen LogP contribution in [0.4, 0.5) is 0 Å². The van der Waals surface area contributed by atoms with Crippen LogP contribution < -0.4 is 4.72 Å². The minimum atomic E-state index is -3.43. The van der Waals surface area contributed by atoms with Crippen LogP contribution >= 0.6 is 0 Å². The lowest BCUT2D eigenvalue weighted by molar-refractivity contribution is -0.145. The molecule has 0 saturated heterocycles. The lowest BCUT2D eigenvalue weighted by atomic mass is 10.1. The van der Waals surface area contributed by atoms with E-state index in [1.54, 1.807) is 0 Å². The summed E-state index contributed by atoms with van der Waals surface area (Å²) in [6, 6.07) is -0.0450. The summed E-state index contributed by atoms with van der Waals surface area (Å²) in [6.07, 6.45) is 5.23. The number of ether oxygens (including phenoxy) is 1. The molecule has 3 atom stereocenters. The molecule has 0 amide bonds. The maximum Gasteiger partial charge on any atom is 0.310 e. The predicted octanol–water partition coefficient (Wildman–Crippen LogP) is 1.44. The van der Waals surface area contributed by atoms with Crippen molar-refractivity contribution in [3.05, 3.63) is 0 Å². The second-order valence-electron chi connectivity index (χ2n) is 5.84. The molecule has 0 bridgehead atoms. The predicted molar refractivity (Wildman–Crippen MR) is 72.0 cm³/mol. The van der Waals surface area contributed by atoms with Gasteiger partial charge in [0.15, 0.2) is 0 Å². The molecule has 2 rings (SSSR count). The molecule has 5 nitrogen and oxygen atoms in total. The standard InChI is InChI=1S/C13H23NO4S/c1-9(8-10-6-7-10)14-19(16,17)12-5-3-4-11(12)13(15)18-2/h9-12,14H,3-8H2,1-2H3. The first kappa shape index (κ1) is 14.8. The Balaban J connectivity index is 1.98. The average molecular weight is 289 g/mol. The van der Waals surface area contributed by atoms with Crippen molar-refractivity contribution in [1.29, 1.82) is 0 Å². The fraction of sp³-hybridized carbons (Fsp3) is 0.923. The van der Waals surface area contributed by atoms with Crippen molar-refractivity contribution in [1.82, 2.24) is 4.72 Å². The fourth-order valence-corrected chi connectivity index (χ4v) is 4.98. The highest BCUT2D eigenvalue weighted by Gasteiger charge is 2.42. The van der Waals surface area contributed by atoms with Gasteiger partial charge in [0, 0.05) is 6.04 Å². The van der Waals surface area contributed by atoms with E-state index >= 15 is 0 Å². The lowest BCUT2D eigenvalue weighted by Gasteiger charge is -2.21. The van der Waals surface area contributed by atoms with E-state index in [1.165, 1.54) is 20.0 Å². The first-order valence-electron chi connectivity index (χ1n) is 7.03. The summed E-state index contributed by atoms with van der Waals surface area (Å²) in [4.78, 5) is 11.6. The minimum Gasteiger partial charge on any atom is -0.469 e. The smallest absolute Gasteiger partial charge is 0.310 e. The van der Waals surface area contributed by atoms with Gasteiger partial charge < -0.3 is 4.74 Å². The number of methoxy groups -OCH3 is 1. The van der Waals surface area contributed by atoms with Crippen molar-refractivity contribution in [2.75, 3.05) is 7.11 Å². The van der Waals surface area contributed by atoms with Crippen molar-refractivity contribution < 1.29 is 17.9 Å². The maximum atomic E-state index is 12.4. The van der Waals surface area contributed by atoms with Gasteiger partial charge in [-0.05, 0) is 32.1 Å². The molecule has 0 aliphatic heterocycles. The summed E-state index contributed by atoms with van der Waals surface area (Å²) >= 11 is 0. The van der Waals surface area contributed by atoms with Gasteiger partial charge in [0.1, 0.15) is 0 Å². The highest BCUT2D eigenvalue weighted by Crippen LogP contribution is 2.35. The van der Waals surface area contributed by atoms with Crippen LogP contribution in [0.1, 0.15) is 45.4 Å². The average Bonchev–Trinajstić information content (AvgIpc) is 2.98. The lowest BCUT2D eigenvalue weighted by Crippen LogP contribution is -2.43. The molecular weight excluding hydrogens is 266 g/mol. The molecule has 3 unspecified atom stereocenters. The van der Waals surface area contributed by atoms with Gasteiger partial charge in [-0.2, -0.15) is 0 Å². The zero-order chi connectivity index (χ0) is 14.0. The van der Waals surface area contributed by atoms with Gasteiger partial charge in [0.25, 0.3) is 0 Å². The van der Waals surface area contributed by atoms with Gasteiger partial charge in [-0.15, -0.1) is 0 Å². The minimum absolute atomic E-state index is 0.0450. The Kier molecular flexibility index (Phi) is 4.50. The molecule has 19 heavy (non-hydrogen) atoms. The summed E-state index contributed by atoms with van der Waals surface area (Å²) < 4.78 is 32.2. The fourth-order valence-electron chi connectivity index (χ4n) is 2.99. The molecule has 0 radical (unpaired) electrons. The van der Waals surface area contributed by atoms with Gasteiger partial charge in [-0.25, -0.2) is 13.1 Å². The van der Waals surface area contributed by atoms with Gasteiger partial charge >= 0.3 is 5.97 Å². The first-order valence-corrected chi connectivity index (χ1v) is 8.57. The summed E-state index contributed by atoms with van der Waals surface area (Å²) in [7, 11) is -2.12. The summed E-state index contributed by atoms with van der Waals surface area (Å²) in [5.74, 6) is -0.226. The van der Waals surface area contributed by atoms with Crippen LogP contribution in [0.25, 0.3) is 0 Å². The third-order valence-corrected chi connectivity index (χ3v) is 6.20. The van der Waals surface area contributed by atoms with E-state index in [-0.39, 0.29) is 6.04 Å². The third kappa shape index (κ3) is 3.69. The van der Waals surface area contributed by atoms with Crippen molar-refractivity contribution >= 4 is 16.0 Å². The van der Waals surface area contributed by atoms with Crippen LogP contribution in [-0.2, 0) is 19.6 Å². The van der Waals surface area contributed by atoms with Crippen molar-refractivity contribution in [2.24, 2.45) is 11.8 Å². The number of carbonyl (C=O) groups is 1. The molecular formula is C13H23NO4S. The van der Waals surface area contributed by atoms with Crippen LogP contribution in [0.3, 0.4) is 0 Å². The van der Waals surface area contributed by atoms with E-state index in [0.717, 1.165) is 12.8 Å². The molecule has 0 aromatic heterocycles. The molecule has 0 spiro atoms. The van der Waals surface area contributed by atoms with Gasteiger partial charge in [0.05, 0.1) is 18.3 Å². The van der Waals surface area contributed by atoms with Crippen LogP contribution in [0, 0.1) is 11.8 Å². The first-order chi connectivity index (χ1) is 8.94. The normalized spacial score (nSPS) is 29.2. The van der Waals surface area contributed by atoms with Gasteiger partial charge in [-0.3, -0.25) is 4.79 Å². The number of sulfonamides is 1. The molecule has 2 saturated carbocycles. The van der Waals surface area contributed by atoms with E-state index in [9.17, 15) is 13.2 Å². The second kappa shape index (κ2) is 5.79. The number of hydrogen-bond donors (Lipinski definition) is 1. The zero-order valence-electron chi connectivity index (χ0n) is 11.6. The van der Waals surface area contributed by atoms with E-state index in [4.69, 9.17) is 4.74 Å². The number of esters is 1. The van der Waals surface area contributed by atoms with Crippen LogP contribution in [0.15, 0.2) is 0 Å². The monoisotopic (exact) mass is 289 g/mol. The van der Waals surface area contributed by atoms with Gasteiger partial charge in [0.2, 0.25) is 10.0 Å². The quantitative estimate of drug-likeness (QED) is 0.751. The van der Waals surface area contributed by atoms with E-state index in [0.29, 0.717) is 18.8 Å². The Labute approximate surface area is 115 Å². The molecule has 0 heterocycles. The largest absolute Gasteiger partial charge is 0.469 e. The Morgan fingerprint density at radius 1 is 1.32 bits per heavy atom. The van der Waals surface area contributed by atoms with Crippen LogP contribution in [0.2, 0.25) is 0 Å². The molecule has 110 valence electrons. The molecule has 2 aliphatic carbocycles. The van der Waals surface area contributed by atoms with Crippen molar-refractivity contribution in [3.63, 3.8) is 0 Å². The summed E-state index contributed by atoms with van der Waals surface area (Å²) in [5, 5.41) is -0.624. The Morgan fingerprint density at radius 2 is 2.00 bits per heavy atom. The molecule has 0 aromatic rings. The third-order valence-electron chi connectivity index (χ3n) is 4.10.